The topological polar surface area (TPSA) is 78.7 Å². The Morgan fingerprint density at radius 3 is 2.89 bits per heavy atom. The Hall–Kier alpha value is -2.11. The molecule has 0 radical (unpaired) electrons. The zero-order valence-corrected chi connectivity index (χ0v) is 10.7. The zero-order chi connectivity index (χ0) is 13.2. The number of aromatic nitrogens is 4. The first-order valence-corrected chi connectivity index (χ1v) is 6.59. The lowest BCUT2D eigenvalue weighted by atomic mass is 10.3. The van der Waals surface area contributed by atoms with Crippen molar-refractivity contribution in [3.05, 3.63) is 40.6 Å². The van der Waals surface area contributed by atoms with Gasteiger partial charge in [0.15, 0.2) is 0 Å². The number of rotatable bonds is 3. The minimum Gasteiger partial charge on any atom is -0.397 e. The first kappa shape index (κ1) is 12.0. The average Bonchev–Trinajstić information content (AvgIpc) is 3.03. The molecular weight excluding hydrogens is 242 g/mol. The normalized spacial score (nSPS) is 16.0. The van der Waals surface area contributed by atoms with Gasteiger partial charge >= 0.3 is 0 Å². The van der Waals surface area contributed by atoms with Gasteiger partial charge in [-0.2, -0.15) is 10.2 Å². The summed E-state index contributed by atoms with van der Waals surface area (Å²) in [5.41, 5.74) is 6.55. The molecule has 2 heterocycles. The van der Waals surface area contributed by atoms with Crippen LogP contribution in [0.2, 0.25) is 0 Å². The summed E-state index contributed by atoms with van der Waals surface area (Å²) in [6.07, 6.45) is 8.42. The fourth-order valence-electron chi connectivity index (χ4n) is 2.55. The van der Waals surface area contributed by atoms with Gasteiger partial charge in [-0.05, 0) is 18.9 Å². The molecular formula is C13H17N5O. The third-order valence-corrected chi connectivity index (χ3v) is 3.56. The van der Waals surface area contributed by atoms with Gasteiger partial charge in [0.25, 0.3) is 5.56 Å². The molecule has 2 aromatic rings. The number of hydrogen-bond acceptors (Lipinski definition) is 4. The van der Waals surface area contributed by atoms with Crippen LogP contribution in [0.3, 0.4) is 0 Å². The third kappa shape index (κ3) is 2.52. The molecule has 2 N–H and O–H groups in total. The van der Waals surface area contributed by atoms with Gasteiger partial charge in [0.2, 0.25) is 0 Å². The van der Waals surface area contributed by atoms with Gasteiger partial charge in [-0.25, -0.2) is 4.68 Å². The Morgan fingerprint density at radius 2 is 2.16 bits per heavy atom. The minimum atomic E-state index is -0.199. The third-order valence-electron chi connectivity index (χ3n) is 3.56. The van der Waals surface area contributed by atoms with Crippen molar-refractivity contribution in [3.63, 3.8) is 0 Å². The Morgan fingerprint density at radius 1 is 1.37 bits per heavy atom. The van der Waals surface area contributed by atoms with E-state index in [2.05, 4.69) is 10.2 Å². The summed E-state index contributed by atoms with van der Waals surface area (Å²) >= 11 is 0. The molecule has 1 saturated carbocycles. The van der Waals surface area contributed by atoms with Crippen molar-refractivity contribution in [2.24, 2.45) is 0 Å². The first-order chi connectivity index (χ1) is 9.22. The number of nitrogens with two attached hydrogens (primary N) is 1. The van der Waals surface area contributed by atoms with Crippen LogP contribution < -0.4 is 11.3 Å². The smallest absolute Gasteiger partial charge is 0.269 e. The second-order valence-corrected chi connectivity index (χ2v) is 5.01. The Labute approximate surface area is 110 Å². The van der Waals surface area contributed by atoms with Crippen LogP contribution >= 0.6 is 0 Å². The lowest BCUT2D eigenvalue weighted by Crippen LogP contribution is -2.23. The highest BCUT2D eigenvalue weighted by atomic mass is 16.1. The molecule has 0 bridgehead atoms. The molecule has 0 unspecified atom stereocenters. The van der Waals surface area contributed by atoms with E-state index >= 15 is 0 Å². The van der Waals surface area contributed by atoms with Crippen LogP contribution in [0.15, 0.2) is 29.3 Å². The lowest BCUT2D eigenvalue weighted by Gasteiger charge is -2.08. The molecule has 100 valence electrons. The highest BCUT2D eigenvalue weighted by Gasteiger charge is 2.17. The van der Waals surface area contributed by atoms with Crippen molar-refractivity contribution in [2.75, 3.05) is 5.73 Å². The van der Waals surface area contributed by atoms with Crippen molar-refractivity contribution >= 4 is 5.69 Å². The molecule has 6 heteroatoms. The molecule has 1 aliphatic carbocycles. The standard InChI is InChI=1S/C13H17N5O/c14-10-7-13(19)18(15-8-10)9-11-5-6-17(16-11)12-3-1-2-4-12/h5-8,12H,1-4,9,14H2. The lowest BCUT2D eigenvalue weighted by molar-refractivity contribution is 0.459. The van der Waals surface area contributed by atoms with Crippen molar-refractivity contribution in [1.82, 2.24) is 19.6 Å². The molecule has 0 atom stereocenters. The molecule has 0 aliphatic heterocycles. The maximum atomic E-state index is 11.7. The first-order valence-electron chi connectivity index (χ1n) is 6.59. The molecule has 0 spiro atoms. The van der Waals surface area contributed by atoms with Crippen molar-refractivity contribution < 1.29 is 0 Å². The van der Waals surface area contributed by atoms with E-state index < -0.39 is 0 Å². The summed E-state index contributed by atoms with van der Waals surface area (Å²) in [6, 6.07) is 3.84. The Kier molecular flexibility index (Phi) is 3.06. The molecule has 1 fully saturated rings. The minimum absolute atomic E-state index is 0.199. The largest absolute Gasteiger partial charge is 0.397 e. The van der Waals surface area contributed by atoms with Crippen LogP contribution in [0.1, 0.15) is 37.4 Å². The van der Waals surface area contributed by atoms with E-state index in [0.29, 0.717) is 18.3 Å². The molecule has 0 aromatic carbocycles. The van der Waals surface area contributed by atoms with Gasteiger partial charge in [-0.3, -0.25) is 9.48 Å². The summed E-state index contributed by atoms with van der Waals surface area (Å²) in [5.74, 6) is 0. The second kappa shape index (κ2) is 4.87. The van der Waals surface area contributed by atoms with E-state index in [1.807, 2.05) is 16.9 Å². The van der Waals surface area contributed by atoms with E-state index in [9.17, 15) is 4.79 Å². The van der Waals surface area contributed by atoms with Gasteiger partial charge < -0.3 is 5.73 Å². The quantitative estimate of drug-likeness (QED) is 0.897. The van der Waals surface area contributed by atoms with E-state index in [-0.39, 0.29) is 5.56 Å². The van der Waals surface area contributed by atoms with Crippen LogP contribution in [-0.2, 0) is 6.54 Å². The van der Waals surface area contributed by atoms with E-state index in [0.717, 1.165) is 5.69 Å². The van der Waals surface area contributed by atoms with Crippen LogP contribution in [0.5, 0.6) is 0 Å². The summed E-state index contributed by atoms with van der Waals surface area (Å²) in [4.78, 5) is 11.7. The fraction of sp³-hybridized carbons (Fsp3) is 0.462. The van der Waals surface area contributed by atoms with Crippen molar-refractivity contribution in [3.8, 4) is 0 Å². The summed E-state index contributed by atoms with van der Waals surface area (Å²) < 4.78 is 3.39. The maximum Gasteiger partial charge on any atom is 0.269 e. The van der Waals surface area contributed by atoms with Crippen molar-refractivity contribution in [2.45, 2.75) is 38.3 Å². The number of hydrogen-bond donors (Lipinski definition) is 1. The van der Waals surface area contributed by atoms with Crippen LogP contribution in [-0.4, -0.2) is 19.6 Å². The average molecular weight is 259 g/mol. The van der Waals surface area contributed by atoms with Crippen LogP contribution in [0.4, 0.5) is 5.69 Å². The predicted octanol–water partition coefficient (Wildman–Crippen LogP) is 1.19. The van der Waals surface area contributed by atoms with E-state index in [1.54, 1.807) is 0 Å². The van der Waals surface area contributed by atoms with E-state index in [4.69, 9.17) is 5.73 Å². The number of nitrogen functional groups attached to an aromatic ring is 1. The Bertz CT molecular complexity index is 624. The van der Waals surface area contributed by atoms with Crippen LogP contribution in [0, 0.1) is 0 Å². The highest BCUT2D eigenvalue weighted by molar-refractivity contribution is 5.31. The second-order valence-electron chi connectivity index (χ2n) is 5.01. The molecule has 19 heavy (non-hydrogen) atoms. The highest BCUT2D eigenvalue weighted by Crippen LogP contribution is 2.28. The van der Waals surface area contributed by atoms with Crippen LogP contribution in [0.25, 0.3) is 0 Å². The monoisotopic (exact) mass is 259 g/mol. The molecule has 3 rings (SSSR count). The molecule has 1 aliphatic rings. The maximum absolute atomic E-state index is 11.7. The number of nitrogens with zero attached hydrogens (tertiary/aromatic N) is 4. The molecule has 0 saturated heterocycles. The van der Waals surface area contributed by atoms with E-state index in [1.165, 1.54) is 42.6 Å². The predicted molar refractivity (Wildman–Crippen MR) is 71.7 cm³/mol. The van der Waals surface area contributed by atoms with Gasteiger partial charge in [-0.15, -0.1) is 0 Å². The summed E-state index contributed by atoms with van der Waals surface area (Å²) in [6.45, 7) is 0.388. The van der Waals surface area contributed by atoms with Gasteiger partial charge in [-0.1, -0.05) is 12.8 Å². The van der Waals surface area contributed by atoms with Gasteiger partial charge in [0.1, 0.15) is 0 Å². The fourth-order valence-corrected chi connectivity index (χ4v) is 2.55. The molecule has 0 amide bonds. The molecule has 2 aromatic heterocycles. The SMILES string of the molecule is Nc1cnn(Cc2ccn(C3CCCC3)n2)c(=O)c1. The summed E-state index contributed by atoms with van der Waals surface area (Å²) in [5, 5.41) is 8.55. The zero-order valence-electron chi connectivity index (χ0n) is 10.7. The number of anilines is 1. The van der Waals surface area contributed by atoms with Gasteiger partial charge in [0, 0.05) is 12.3 Å². The van der Waals surface area contributed by atoms with Crippen molar-refractivity contribution in [1.29, 1.82) is 0 Å². The Balaban J connectivity index is 1.78. The molecule has 6 nitrogen and oxygen atoms in total. The van der Waals surface area contributed by atoms with Gasteiger partial charge in [0.05, 0.1) is 30.2 Å². The summed E-state index contributed by atoms with van der Waals surface area (Å²) in [7, 11) is 0.